The van der Waals surface area contributed by atoms with Crippen molar-refractivity contribution in [2.24, 2.45) is 5.41 Å². The SMILES string of the molecule is CCOC(=O)C1(NC(=O)c2oc3c(c2C)C(=O)CC(C)(C)C3)CCCCC1. The van der Waals surface area contributed by atoms with Crippen molar-refractivity contribution in [3.8, 4) is 0 Å². The molecule has 6 heteroatoms. The topological polar surface area (TPSA) is 85.6 Å². The van der Waals surface area contributed by atoms with E-state index in [1.54, 1.807) is 13.8 Å². The van der Waals surface area contributed by atoms with E-state index in [0.29, 0.717) is 42.6 Å². The third kappa shape index (κ3) is 3.66. The molecule has 1 N–H and O–H groups in total. The molecular weight excluding hydrogens is 346 g/mol. The first kappa shape index (κ1) is 19.6. The van der Waals surface area contributed by atoms with Gasteiger partial charge in [0.1, 0.15) is 11.3 Å². The van der Waals surface area contributed by atoms with E-state index in [4.69, 9.17) is 9.15 Å². The summed E-state index contributed by atoms with van der Waals surface area (Å²) in [6.07, 6.45) is 4.93. The zero-order chi connectivity index (χ0) is 19.8. The number of nitrogens with one attached hydrogen (secondary N) is 1. The van der Waals surface area contributed by atoms with Crippen LogP contribution < -0.4 is 5.32 Å². The number of ketones is 1. The first-order valence-electron chi connectivity index (χ1n) is 9.84. The van der Waals surface area contributed by atoms with Crippen LogP contribution in [-0.4, -0.2) is 29.8 Å². The Bertz CT molecular complexity index is 768. The highest BCUT2D eigenvalue weighted by Crippen LogP contribution is 2.38. The van der Waals surface area contributed by atoms with Crippen molar-refractivity contribution >= 4 is 17.7 Å². The van der Waals surface area contributed by atoms with Crippen LogP contribution in [0.25, 0.3) is 0 Å². The van der Waals surface area contributed by atoms with Crippen molar-refractivity contribution in [2.75, 3.05) is 6.61 Å². The molecule has 1 aromatic heterocycles. The summed E-state index contributed by atoms with van der Waals surface area (Å²) in [5.74, 6) is -0.0981. The lowest BCUT2D eigenvalue weighted by molar-refractivity contribution is -0.152. The van der Waals surface area contributed by atoms with Gasteiger partial charge >= 0.3 is 5.97 Å². The van der Waals surface area contributed by atoms with Gasteiger partial charge in [0.2, 0.25) is 0 Å². The molecule has 1 aromatic rings. The minimum Gasteiger partial charge on any atom is -0.464 e. The predicted octanol–water partition coefficient (Wildman–Crippen LogP) is 3.74. The third-order valence-corrected chi connectivity index (χ3v) is 5.71. The molecule has 0 unspecified atom stereocenters. The minimum atomic E-state index is -1.01. The normalized spacial score (nSPS) is 20.7. The van der Waals surface area contributed by atoms with Crippen molar-refractivity contribution in [1.82, 2.24) is 5.32 Å². The zero-order valence-corrected chi connectivity index (χ0v) is 16.7. The smallest absolute Gasteiger partial charge is 0.331 e. The van der Waals surface area contributed by atoms with Crippen LogP contribution in [0.2, 0.25) is 0 Å². The number of hydrogen-bond donors (Lipinski definition) is 1. The average Bonchev–Trinajstić information content (AvgIpc) is 2.91. The molecule has 0 aromatic carbocycles. The van der Waals surface area contributed by atoms with Gasteiger partial charge in [0, 0.05) is 18.4 Å². The summed E-state index contributed by atoms with van der Waals surface area (Å²) in [5.41, 5.74) is -0.0856. The molecule has 0 bridgehead atoms. The molecule has 0 spiro atoms. The Labute approximate surface area is 160 Å². The Hall–Kier alpha value is -2.11. The van der Waals surface area contributed by atoms with E-state index in [-0.39, 0.29) is 29.5 Å². The molecule has 148 valence electrons. The fraction of sp³-hybridized carbons (Fsp3) is 0.667. The van der Waals surface area contributed by atoms with Crippen LogP contribution in [0.4, 0.5) is 0 Å². The summed E-state index contributed by atoms with van der Waals surface area (Å²) < 4.78 is 11.1. The van der Waals surface area contributed by atoms with Crippen LogP contribution in [0, 0.1) is 12.3 Å². The molecule has 3 rings (SSSR count). The van der Waals surface area contributed by atoms with E-state index in [0.717, 1.165) is 19.3 Å². The zero-order valence-electron chi connectivity index (χ0n) is 16.7. The molecule has 0 saturated heterocycles. The lowest BCUT2D eigenvalue weighted by Gasteiger charge is -2.35. The largest absolute Gasteiger partial charge is 0.464 e. The van der Waals surface area contributed by atoms with Gasteiger partial charge in [0.05, 0.1) is 12.2 Å². The number of Topliss-reactive ketones (excluding diaryl/α,β-unsaturated/α-hetero) is 1. The Morgan fingerprint density at radius 2 is 1.81 bits per heavy atom. The van der Waals surface area contributed by atoms with Crippen molar-refractivity contribution in [3.05, 3.63) is 22.6 Å². The molecular formula is C21H29NO5. The van der Waals surface area contributed by atoms with E-state index in [2.05, 4.69) is 5.32 Å². The van der Waals surface area contributed by atoms with Gasteiger partial charge in [0.15, 0.2) is 11.5 Å². The van der Waals surface area contributed by atoms with Crippen LogP contribution in [0.3, 0.4) is 0 Å². The van der Waals surface area contributed by atoms with Gasteiger partial charge in [-0.1, -0.05) is 33.1 Å². The van der Waals surface area contributed by atoms with E-state index >= 15 is 0 Å². The number of esters is 1. The average molecular weight is 375 g/mol. The second-order valence-electron chi connectivity index (χ2n) is 8.61. The van der Waals surface area contributed by atoms with Gasteiger partial charge in [-0.05, 0) is 32.1 Å². The van der Waals surface area contributed by atoms with E-state index in [1.165, 1.54) is 0 Å². The first-order valence-corrected chi connectivity index (χ1v) is 9.84. The molecule has 27 heavy (non-hydrogen) atoms. The molecule has 0 aliphatic heterocycles. The van der Waals surface area contributed by atoms with Crippen LogP contribution in [0.1, 0.15) is 91.5 Å². The highest BCUT2D eigenvalue weighted by Gasteiger charge is 2.44. The van der Waals surface area contributed by atoms with Crippen LogP contribution in [0.15, 0.2) is 4.42 Å². The minimum absolute atomic E-state index is 0.0133. The maximum atomic E-state index is 13.0. The molecule has 2 aliphatic rings. The van der Waals surface area contributed by atoms with E-state index < -0.39 is 11.4 Å². The van der Waals surface area contributed by atoms with Crippen LogP contribution in [-0.2, 0) is 16.0 Å². The number of amides is 1. The standard InChI is InChI=1S/C21H29NO5/c1-5-26-19(25)21(9-7-6-8-10-21)22-18(24)17-13(2)16-14(23)11-20(3,4)12-15(16)27-17/h5-12H2,1-4H3,(H,22,24). The number of furan rings is 1. The summed E-state index contributed by atoms with van der Waals surface area (Å²) in [7, 11) is 0. The van der Waals surface area contributed by atoms with Gasteiger partial charge in [-0.15, -0.1) is 0 Å². The highest BCUT2D eigenvalue weighted by atomic mass is 16.5. The summed E-state index contributed by atoms with van der Waals surface area (Å²) in [6, 6.07) is 0. The molecule has 2 aliphatic carbocycles. The second kappa shape index (κ2) is 7.13. The monoisotopic (exact) mass is 375 g/mol. The predicted molar refractivity (Wildman–Crippen MR) is 99.8 cm³/mol. The molecule has 1 saturated carbocycles. The Kier molecular flexibility index (Phi) is 5.19. The van der Waals surface area contributed by atoms with Gasteiger partial charge in [-0.2, -0.15) is 0 Å². The van der Waals surface area contributed by atoms with E-state index in [1.807, 2.05) is 13.8 Å². The quantitative estimate of drug-likeness (QED) is 0.810. The van der Waals surface area contributed by atoms with Crippen molar-refractivity contribution in [1.29, 1.82) is 0 Å². The fourth-order valence-corrected chi connectivity index (χ4v) is 4.38. The highest BCUT2D eigenvalue weighted by molar-refractivity contribution is 6.04. The Balaban J connectivity index is 1.90. The Morgan fingerprint density at radius 1 is 1.15 bits per heavy atom. The third-order valence-electron chi connectivity index (χ3n) is 5.71. The van der Waals surface area contributed by atoms with E-state index in [9.17, 15) is 14.4 Å². The van der Waals surface area contributed by atoms with Crippen LogP contribution >= 0.6 is 0 Å². The number of rotatable bonds is 4. The maximum absolute atomic E-state index is 13.0. The molecule has 1 fully saturated rings. The molecule has 6 nitrogen and oxygen atoms in total. The van der Waals surface area contributed by atoms with Gasteiger partial charge in [-0.25, -0.2) is 4.79 Å². The number of hydrogen-bond acceptors (Lipinski definition) is 5. The van der Waals surface area contributed by atoms with Crippen molar-refractivity contribution in [3.63, 3.8) is 0 Å². The van der Waals surface area contributed by atoms with Crippen molar-refractivity contribution < 1.29 is 23.5 Å². The second-order valence-corrected chi connectivity index (χ2v) is 8.61. The van der Waals surface area contributed by atoms with Crippen LogP contribution in [0.5, 0.6) is 0 Å². The molecule has 0 radical (unpaired) electrons. The summed E-state index contributed by atoms with van der Waals surface area (Å²) in [5, 5.41) is 2.90. The van der Waals surface area contributed by atoms with Gasteiger partial charge in [0.25, 0.3) is 5.91 Å². The molecule has 1 amide bonds. The first-order chi connectivity index (χ1) is 12.7. The summed E-state index contributed by atoms with van der Waals surface area (Å²) >= 11 is 0. The molecule has 0 atom stereocenters. The fourth-order valence-electron chi connectivity index (χ4n) is 4.38. The van der Waals surface area contributed by atoms with Gasteiger partial charge < -0.3 is 14.5 Å². The lowest BCUT2D eigenvalue weighted by atomic mass is 9.76. The van der Waals surface area contributed by atoms with Gasteiger partial charge in [-0.3, -0.25) is 9.59 Å². The number of fused-ring (bicyclic) bond motifs is 1. The maximum Gasteiger partial charge on any atom is 0.331 e. The summed E-state index contributed by atoms with van der Waals surface area (Å²) in [6.45, 7) is 7.81. The number of carbonyl (C=O) groups excluding carboxylic acids is 3. The summed E-state index contributed by atoms with van der Waals surface area (Å²) in [4.78, 5) is 38.1. The lowest BCUT2D eigenvalue weighted by Crippen LogP contribution is -2.56. The number of ether oxygens (including phenoxy) is 1. The Morgan fingerprint density at radius 3 is 2.44 bits per heavy atom. The van der Waals surface area contributed by atoms with Crippen molar-refractivity contribution in [2.45, 2.75) is 78.2 Å². The molecule has 1 heterocycles. The number of carbonyl (C=O) groups is 3.